The van der Waals surface area contributed by atoms with Crippen LogP contribution in [0.4, 0.5) is 0 Å². The van der Waals surface area contributed by atoms with Crippen LogP contribution in [0.1, 0.15) is 24.2 Å². The van der Waals surface area contributed by atoms with Gasteiger partial charge in [0.15, 0.2) is 6.10 Å². The first-order chi connectivity index (χ1) is 7.07. The average Bonchev–Trinajstić information content (AvgIpc) is 2.21. The molecule has 0 aromatic heterocycles. The summed E-state index contributed by atoms with van der Waals surface area (Å²) < 4.78 is 4.68. The van der Waals surface area contributed by atoms with Gasteiger partial charge in [-0.2, -0.15) is 0 Å². The van der Waals surface area contributed by atoms with Crippen LogP contribution in [0, 0.1) is 6.92 Å². The second-order valence-corrected chi connectivity index (χ2v) is 3.15. The van der Waals surface area contributed by atoms with Crippen LogP contribution in [-0.4, -0.2) is 22.8 Å². The van der Waals surface area contributed by atoms with Gasteiger partial charge in [0, 0.05) is 0 Å². The molecule has 2 N–H and O–H groups in total. The summed E-state index contributed by atoms with van der Waals surface area (Å²) in [4.78, 5) is 11.3. The van der Waals surface area contributed by atoms with E-state index in [1.54, 1.807) is 26.0 Å². The SMILES string of the molecule is CCOC(=O)C(O)c1cccc(O)c1C. The smallest absolute Gasteiger partial charge is 0.339 e. The zero-order chi connectivity index (χ0) is 11.4. The number of aliphatic hydroxyl groups is 1. The van der Waals surface area contributed by atoms with Crippen molar-refractivity contribution in [2.75, 3.05) is 6.61 Å². The van der Waals surface area contributed by atoms with E-state index in [2.05, 4.69) is 4.74 Å². The average molecular weight is 210 g/mol. The van der Waals surface area contributed by atoms with Crippen LogP contribution in [0.3, 0.4) is 0 Å². The highest BCUT2D eigenvalue weighted by atomic mass is 16.5. The molecule has 0 aliphatic carbocycles. The number of aromatic hydroxyl groups is 1. The van der Waals surface area contributed by atoms with Gasteiger partial charge in [0.05, 0.1) is 6.61 Å². The lowest BCUT2D eigenvalue weighted by atomic mass is 10.0. The number of ether oxygens (including phenoxy) is 1. The Kier molecular flexibility index (Phi) is 3.68. The fourth-order valence-electron chi connectivity index (χ4n) is 1.29. The first-order valence-corrected chi connectivity index (χ1v) is 4.71. The Morgan fingerprint density at radius 3 is 2.80 bits per heavy atom. The van der Waals surface area contributed by atoms with Crippen molar-refractivity contribution in [3.05, 3.63) is 29.3 Å². The van der Waals surface area contributed by atoms with Gasteiger partial charge in [-0.1, -0.05) is 12.1 Å². The van der Waals surface area contributed by atoms with Gasteiger partial charge in [-0.25, -0.2) is 4.79 Å². The second kappa shape index (κ2) is 4.79. The van der Waals surface area contributed by atoms with Crippen molar-refractivity contribution >= 4 is 5.97 Å². The quantitative estimate of drug-likeness (QED) is 0.738. The molecule has 1 rings (SSSR count). The maximum atomic E-state index is 11.3. The Bertz CT molecular complexity index is 360. The molecule has 15 heavy (non-hydrogen) atoms. The normalized spacial score (nSPS) is 12.2. The number of esters is 1. The van der Waals surface area contributed by atoms with Gasteiger partial charge in [0.2, 0.25) is 0 Å². The summed E-state index contributed by atoms with van der Waals surface area (Å²) in [5, 5.41) is 19.0. The molecule has 0 amide bonds. The van der Waals surface area contributed by atoms with E-state index in [1.165, 1.54) is 6.07 Å². The molecule has 1 aromatic carbocycles. The number of carbonyl (C=O) groups excluding carboxylic acids is 1. The molecule has 0 fully saturated rings. The maximum absolute atomic E-state index is 11.3. The Morgan fingerprint density at radius 2 is 2.20 bits per heavy atom. The molecule has 82 valence electrons. The molecule has 0 saturated carbocycles. The summed E-state index contributed by atoms with van der Waals surface area (Å²) in [7, 11) is 0. The number of aliphatic hydroxyl groups excluding tert-OH is 1. The van der Waals surface area contributed by atoms with Gasteiger partial charge in [0.25, 0.3) is 0 Å². The molecule has 1 unspecified atom stereocenters. The van der Waals surface area contributed by atoms with Gasteiger partial charge in [-0.05, 0) is 31.0 Å². The molecule has 0 aliphatic heterocycles. The van der Waals surface area contributed by atoms with Crippen LogP contribution >= 0.6 is 0 Å². The summed E-state index contributed by atoms with van der Waals surface area (Å²) in [6.07, 6.45) is -1.34. The Balaban J connectivity index is 2.96. The van der Waals surface area contributed by atoms with E-state index >= 15 is 0 Å². The Hall–Kier alpha value is -1.55. The van der Waals surface area contributed by atoms with E-state index in [0.29, 0.717) is 11.1 Å². The summed E-state index contributed by atoms with van der Waals surface area (Å²) in [5.74, 6) is -0.651. The van der Waals surface area contributed by atoms with E-state index < -0.39 is 12.1 Å². The molecule has 0 bridgehead atoms. The van der Waals surface area contributed by atoms with Crippen LogP contribution < -0.4 is 0 Å². The number of carbonyl (C=O) groups is 1. The van der Waals surface area contributed by atoms with Crippen LogP contribution in [0.5, 0.6) is 5.75 Å². The van der Waals surface area contributed by atoms with Crippen molar-refractivity contribution in [1.29, 1.82) is 0 Å². The highest BCUT2D eigenvalue weighted by Gasteiger charge is 2.21. The third-order valence-electron chi connectivity index (χ3n) is 2.15. The van der Waals surface area contributed by atoms with Crippen molar-refractivity contribution in [3.63, 3.8) is 0 Å². The predicted molar refractivity (Wildman–Crippen MR) is 54.4 cm³/mol. The van der Waals surface area contributed by atoms with Gasteiger partial charge < -0.3 is 14.9 Å². The van der Waals surface area contributed by atoms with E-state index in [-0.39, 0.29) is 12.4 Å². The summed E-state index contributed by atoms with van der Waals surface area (Å²) >= 11 is 0. The topological polar surface area (TPSA) is 66.8 Å². The lowest BCUT2D eigenvalue weighted by molar-refractivity contribution is -0.153. The van der Waals surface area contributed by atoms with Crippen molar-refractivity contribution in [1.82, 2.24) is 0 Å². The minimum atomic E-state index is -1.34. The minimum absolute atomic E-state index is 0.0517. The maximum Gasteiger partial charge on any atom is 0.339 e. The largest absolute Gasteiger partial charge is 0.508 e. The number of hydrogen-bond acceptors (Lipinski definition) is 4. The standard InChI is InChI=1S/C11H14O4/c1-3-15-11(14)10(13)8-5-4-6-9(12)7(8)2/h4-6,10,12-13H,3H2,1-2H3. The predicted octanol–water partition coefficient (Wildman–Crippen LogP) is 1.30. The van der Waals surface area contributed by atoms with Crippen molar-refractivity contribution in [2.45, 2.75) is 20.0 Å². The van der Waals surface area contributed by atoms with Gasteiger partial charge in [-0.3, -0.25) is 0 Å². The first kappa shape index (κ1) is 11.5. The minimum Gasteiger partial charge on any atom is -0.508 e. The number of phenols is 1. The first-order valence-electron chi connectivity index (χ1n) is 4.71. The Labute approximate surface area is 88.1 Å². The number of hydrogen-bond donors (Lipinski definition) is 2. The molecular weight excluding hydrogens is 196 g/mol. The molecule has 0 saturated heterocycles. The highest BCUT2D eigenvalue weighted by Crippen LogP contribution is 2.25. The van der Waals surface area contributed by atoms with E-state index in [4.69, 9.17) is 0 Å². The molecular formula is C11H14O4. The van der Waals surface area contributed by atoms with Crippen LogP contribution in [-0.2, 0) is 9.53 Å². The molecule has 0 heterocycles. The van der Waals surface area contributed by atoms with E-state index in [9.17, 15) is 15.0 Å². The lowest BCUT2D eigenvalue weighted by Crippen LogP contribution is -2.16. The molecule has 1 atom stereocenters. The summed E-state index contributed by atoms with van der Waals surface area (Å²) in [6.45, 7) is 3.51. The molecule has 0 aliphatic rings. The lowest BCUT2D eigenvalue weighted by Gasteiger charge is -2.12. The van der Waals surface area contributed by atoms with Crippen molar-refractivity contribution in [3.8, 4) is 5.75 Å². The molecule has 0 radical (unpaired) electrons. The number of phenolic OH excluding ortho intramolecular Hbond substituents is 1. The molecule has 4 nitrogen and oxygen atoms in total. The number of benzene rings is 1. The van der Waals surface area contributed by atoms with Crippen molar-refractivity contribution in [2.24, 2.45) is 0 Å². The Morgan fingerprint density at radius 1 is 1.53 bits per heavy atom. The fraction of sp³-hybridized carbons (Fsp3) is 0.364. The summed E-state index contributed by atoms with van der Waals surface area (Å²) in [5.41, 5.74) is 0.853. The number of rotatable bonds is 3. The third-order valence-corrected chi connectivity index (χ3v) is 2.15. The summed E-state index contributed by atoms with van der Waals surface area (Å²) in [6, 6.07) is 4.65. The zero-order valence-electron chi connectivity index (χ0n) is 8.73. The van der Waals surface area contributed by atoms with Crippen LogP contribution in [0.2, 0.25) is 0 Å². The molecule has 4 heteroatoms. The van der Waals surface area contributed by atoms with E-state index in [1.807, 2.05) is 0 Å². The second-order valence-electron chi connectivity index (χ2n) is 3.15. The van der Waals surface area contributed by atoms with Gasteiger partial charge >= 0.3 is 5.97 Å². The van der Waals surface area contributed by atoms with Gasteiger partial charge in [-0.15, -0.1) is 0 Å². The highest BCUT2D eigenvalue weighted by molar-refractivity contribution is 5.77. The van der Waals surface area contributed by atoms with E-state index in [0.717, 1.165) is 0 Å². The third kappa shape index (κ3) is 2.47. The fourth-order valence-corrected chi connectivity index (χ4v) is 1.29. The van der Waals surface area contributed by atoms with Crippen LogP contribution in [0.15, 0.2) is 18.2 Å². The monoisotopic (exact) mass is 210 g/mol. The molecule has 1 aromatic rings. The molecule has 0 spiro atoms. The van der Waals surface area contributed by atoms with Gasteiger partial charge in [0.1, 0.15) is 5.75 Å². The van der Waals surface area contributed by atoms with Crippen molar-refractivity contribution < 1.29 is 19.7 Å². The van der Waals surface area contributed by atoms with Crippen LogP contribution in [0.25, 0.3) is 0 Å². The zero-order valence-corrected chi connectivity index (χ0v) is 8.73.